The van der Waals surface area contributed by atoms with Gasteiger partial charge in [-0.3, -0.25) is 9.59 Å². The van der Waals surface area contributed by atoms with E-state index in [2.05, 4.69) is 36.4 Å². The molecule has 0 spiro atoms. The number of carboxylic acids is 2. The van der Waals surface area contributed by atoms with Crippen molar-refractivity contribution in [1.82, 2.24) is 0 Å². The number of allylic oxidation sites excluding steroid dienone is 2. The Labute approximate surface area is 350 Å². The number of ether oxygens (including phenoxy) is 2. The minimum Gasteiger partial charge on any atom is -0.481 e. The van der Waals surface area contributed by atoms with E-state index in [-0.39, 0.29) is 42.8 Å². The lowest BCUT2D eigenvalue weighted by Crippen LogP contribution is -2.24. The van der Waals surface area contributed by atoms with Crippen LogP contribution in [0, 0.1) is 23.7 Å². The summed E-state index contributed by atoms with van der Waals surface area (Å²) in [5, 5.41) is 68.2. The number of carbonyl (C=O) groups is 2. The molecule has 2 aliphatic carbocycles. The molecule has 2 saturated heterocycles. The first-order valence-electron chi connectivity index (χ1n) is 21.6. The topological polar surface area (TPSA) is 194 Å². The molecule has 4 rings (SSSR count). The number of alkyl halides is 1. The molecule has 2 aliphatic heterocycles. The monoisotopic (exact) mass is 906 g/mol. The van der Waals surface area contributed by atoms with Gasteiger partial charge in [0.1, 0.15) is 0 Å². The lowest BCUT2D eigenvalue weighted by molar-refractivity contribution is -0.138. The van der Waals surface area contributed by atoms with Crippen molar-refractivity contribution in [3.8, 4) is 0 Å². The van der Waals surface area contributed by atoms with Crippen LogP contribution in [0.4, 0.5) is 0 Å². The van der Waals surface area contributed by atoms with Gasteiger partial charge in [-0.1, -0.05) is 111 Å². The van der Waals surface area contributed by atoms with Crippen molar-refractivity contribution in [3.63, 3.8) is 0 Å². The normalized spacial score (nSPS) is 30.2. The van der Waals surface area contributed by atoms with E-state index in [4.69, 9.17) is 19.7 Å². The quantitative estimate of drug-likeness (QED) is 0.0232. The molecule has 56 heavy (non-hydrogen) atoms. The number of fused-ring (bicyclic) bond motifs is 1. The summed E-state index contributed by atoms with van der Waals surface area (Å²) >= 11 is 2.38. The second-order valence-corrected chi connectivity index (χ2v) is 17.7. The molecule has 0 amide bonds. The number of rotatable bonds is 23. The zero-order chi connectivity index (χ0) is 41.3. The number of aliphatic hydroxyl groups excluding tert-OH is 5. The zero-order valence-electron chi connectivity index (χ0n) is 34.1. The fraction of sp³-hybridized carbons (Fsp3) is 0.818. The van der Waals surface area contributed by atoms with Gasteiger partial charge in [0.05, 0.1) is 42.7 Å². The highest BCUT2D eigenvalue weighted by Gasteiger charge is 2.49. The van der Waals surface area contributed by atoms with E-state index in [0.717, 1.165) is 77.4 Å². The number of hydrogen-bond donors (Lipinski definition) is 7. The number of carboxylic acid groups (broad SMARTS) is 2. The Balaban J connectivity index is 0.000000343. The van der Waals surface area contributed by atoms with Crippen molar-refractivity contribution in [3.05, 3.63) is 36.5 Å². The van der Waals surface area contributed by atoms with E-state index in [1.165, 1.54) is 12.8 Å². The lowest BCUT2D eigenvalue weighted by atomic mass is 9.89. The highest BCUT2D eigenvalue weighted by atomic mass is 127. The second-order valence-electron chi connectivity index (χ2n) is 16.1. The van der Waals surface area contributed by atoms with Crippen molar-refractivity contribution in [2.24, 2.45) is 23.7 Å². The first-order valence-corrected chi connectivity index (χ1v) is 22.8. The molecule has 0 aromatic carbocycles. The highest BCUT2D eigenvalue weighted by Crippen LogP contribution is 2.46. The number of halogens is 1. The van der Waals surface area contributed by atoms with E-state index in [1.807, 2.05) is 30.4 Å². The van der Waals surface area contributed by atoms with E-state index < -0.39 is 42.5 Å². The van der Waals surface area contributed by atoms with Crippen LogP contribution in [0.2, 0.25) is 0 Å². The van der Waals surface area contributed by atoms with Gasteiger partial charge in [0.15, 0.2) is 0 Å². The number of hydrogen-bond acceptors (Lipinski definition) is 9. The molecule has 4 aliphatic rings. The molecule has 324 valence electrons. The van der Waals surface area contributed by atoms with Gasteiger partial charge < -0.3 is 45.2 Å². The van der Waals surface area contributed by atoms with Gasteiger partial charge in [-0.15, -0.1) is 0 Å². The Morgan fingerprint density at radius 3 is 1.84 bits per heavy atom. The summed E-state index contributed by atoms with van der Waals surface area (Å²) in [4.78, 5) is 21.1. The fourth-order valence-electron chi connectivity index (χ4n) is 8.13. The number of aliphatic hydroxyl groups is 5. The van der Waals surface area contributed by atoms with Crippen LogP contribution in [-0.2, 0) is 19.1 Å². The Morgan fingerprint density at radius 2 is 1.29 bits per heavy atom. The predicted molar refractivity (Wildman–Crippen MR) is 228 cm³/mol. The molecule has 0 radical (unpaired) electrons. The third kappa shape index (κ3) is 20.5. The second kappa shape index (κ2) is 29.8. The molecule has 4 fully saturated rings. The third-order valence-corrected chi connectivity index (χ3v) is 12.8. The third-order valence-electron chi connectivity index (χ3n) is 11.4. The van der Waals surface area contributed by atoms with Crippen molar-refractivity contribution in [2.45, 2.75) is 189 Å². The van der Waals surface area contributed by atoms with E-state index in [9.17, 15) is 35.1 Å². The Bertz CT molecular complexity index is 1140. The zero-order valence-corrected chi connectivity index (χ0v) is 36.2. The average molecular weight is 907 g/mol. The maximum absolute atomic E-state index is 10.7. The summed E-state index contributed by atoms with van der Waals surface area (Å²) in [6, 6.07) is 0. The molecule has 2 unspecified atom stereocenters. The van der Waals surface area contributed by atoms with Crippen molar-refractivity contribution < 1.29 is 54.8 Å². The van der Waals surface area contributed by atoms with Crippen LogP contribution < -0.4 is 0 Å². The summed E-state index contributed by atoms with van der Waals surface area (Å²) in [6.45, 7) is 6.27. The minimum absolute atomic E-state index is 0.0495. The Hall–Kier alpha value is -1.39. The molecule has 12 atom stereocenters. The average Bonchev–Trinajstić information content (AvgIpc) is 3.95. The molecule has 0 aromatic rings. The highest BCUT2D eigenvalue weighted by molar-refractivity contribution is 14.1. The van der Waals surface area contributed by atoms with Crippen LogP contribution in [0.15, 0.2) is 36.5 Å². The van der Waals surface area contributed by atoms with Crippen molar-refractivity contribution >= 4 is 34.5 Å². The molecular weight excluding hydrogens is 831 g/mol. The van der Waals surface area contributed by atoms with E-state index >= 15 is 0 Å². The standard InChI is InChI=1S/C20H33IO5.C20H34O5.C4H8O/c1-2-3-4-6-13(22)9-10-14-15-11-19(26-18(15)12-17(14)23)16(21)7-5-8-20(24)25;1-2-3-6-9-15(21)12-13-17-16(18(22)14-19(17)23)10-7-4-5-8-11-20(24)25;1-2-4-5-3-1/h9-10,13-19,22-23H,2-8,11-12H2,1H3,(H,24,25);4,7,12-13,15-19,21-23H,2-3,5-6,8-11,14H2,1H3,(H,24,25);1-4H2/b10-9+;7-4-,13-12+;/t13-,14+,15+,16?,17+,18-,19?;15-,16+,17+,18-,19+;/m00./s1. The van der Waals surface area contributed by atoms with Crippen molar-refractivity contribution in [2.75, 3.05) is 13.2 Å². The fourth-order valence-corrected chi connectivity index (χ4v) is 9.03. The van der Waals surface area contributed by atoms with Gasteiger partial charge >= 0.3 is 11.9 Å². The van der Waals surface area contributed by atoms with Gasteiger partial charge in [0.25, 0.3) is 0 Å². The van der Waals surface area contributed by atoms with Crippen LogP contribution in [0.25, 0.3) is 0 Å². The van der Waals surface area contributed by atoms with Crippen molar-refractivity contribution in [1.29, 1.82) is 0 Å². The van der Waals surface area contributed by atoms with Gasteiger partial charge in [-0.05, 0) is 76.0 Å². The molecule has 11 nitrogen and oxygen atoms in total. The summed E-state index contributed by atoms with van der Waals surface area (Å²) < 4.78 is 11.4. The van der Waals surface area contributed by atoms with E-state index in [1.54, 1.807) is 6.08 Å². The van der Waals surface area contributed by atoms with Gasteiger partial charge in [0, 0.05) is 54.7 Å². The summed E-state index contributed by atoms with van der Waals surface area (Å²) in [6.07, 6.45) is 25.5. The first-order chi connectivity index (χ1) is 26.9. The van der Waals surface area contributed by atoms with Gasteiger partial charge in [-0.2, -0.15) is 0 Å². The lowest BCUT2D eigenvalue weighted by Gasteiger charge is -2.21. The maximum atomic E-state index is 10.7. The SMILES string of the molecule is C1CCOC1.CCCCC[C@H](O)/C=C/[C@@H]1[C@@H](C/C=C\CCCC(=O)O)[C@@H](O)C[C@H]1O.CCCCC[C@H](O)/C=C/[C@@H]1[C@H]2CC(C(I)CCCC(=O)O)O[C@H]2C[C@H]1O. The largest absolute Gasteiger partial charge is 0.481 e. The number of aliphatic carboxylic acids is 2. The molecule has 7 N–H and O–H groups in total. The molecule has 0 bridgehead atoms. The van der Waals surface area contributed by atoms with E-state index in [0.29, 0.717) is 48.4 Å². The minimum atomic E-state index is -0.787. The predicted octanol–water partition coefficient (Wildman–Crippen LogP) is 7.54. The number of unbranched alkanes of at least 4 members (excludes halogenated alkanes) is 5. The van der Waals surface area contributed by atoms with Crippen LogP contribution in [0.3, 0.4) is 0 Å². The summed E-state index contributed by atoms with van der Waals surface area (Å²) in [5.74, 6) is -1.40. The van der Waals surface area contributed by atoms with Gasteiger partial charge in [-0.25, -0.2) is 0 Å². The molecule has 12 heteroatoms. The smallest absolute Gasteiger partial charge is 0.303 e. The van der Waals surface area contributed by atoms with Crippen LogP contribution in [-0.4, -0.2) is 108 Å². The molecule has 2 saturated carbocycles. The molecule has 2 heterocycles. The van der Waals surface area contributed by atoms with Crippen LogP contribution in [0.1, 0.15) is 142 Å². The first kappa shape index (κ1) is 50.8. The Kier molecular flexibility index (Phi) is 27.0. The summed E-state index contributed by atoms with van der Waals surface area (Å²) in [7, 11) is 0. The van der Waals surface area contributed by atoms with Gasteiger partial charge in [0.2, 0.25) is 0 Å². The van der Waals surface area contributed by atoms with Crippen LogP contribution >= 0.6 is 22.6 Å². The summed E-state index contributed by atoms with van der Waals surface area (Å²) in [5.41, 5.74) is 0. The molecule has 0 aromatic heterocycles. The van der Waals surface area contributed by atoms with Crippen LogP contribution in [0.5, 0.6) is 0 Å². The molecular formula is C44H75IO11. The maximum Gasteiger partial charge on any atom is 0.303 e. The Morgan fingerprint density at radius 1 is 0.714 bits per heavy atom.